The number of hydrogen-bond donors (Lipinski definition) is 1. The van der Waals surface area contributed by atoms with Gasteiger partial charge in [0, 0.05) is 18.1 Å². The molecule has 3 aromatic rings. The number of aromatic nitrogens is 3. The Bertz CT molecular complexity index is 819. The van der Waals surface area contributed by atoms with Crippen LogP contribution in [0.4, 0.5) is 5.82 Å². The van der Waals surface area contributed by atoms with Crippen molar-refractivity contribution < 1.29 is 0 Å². The van der Waals surface area contributed by atoms with Crippen LogP contribution in [0.25, 0.3) is 5.65 Å². The molecule has 0 spiro atoms. The molecule has 1 unspecified atom stereocenters. The maximum atomic E-state index is 4.65. The summed E-state index contributed by atoms with van der Waals surface area (Å²) in [6, 6.07) is 8.98. The van der Waals surface area contributed by atoms with Crippen molar-refractivity contribution >= 4 is 11.5 Å². The molecule has 4 heteroatoms. The van der Waals surface area contributed by atoms with Gasteiger partial charge in [-0.15, -0.1) is 0 Å². The smallest absolute Gasteiger partial charge is 0.180 e. The zero-order valence-corrected chi connectivity index (χ0v) is 12.3. The van der Waals surface area contributed by atoms with Gasteiger partial charge in [0.25, 0.3) is 0 Å². The standard InChI is InChI=1S/C17H18N4/c1-11-12(2)21-10-9-18-16(17(21)19-11)20-15-8-7-13-5-3-4-6-14(13)15/h3-6,9-10,15H,7-8H2,1-2H3,(H,18,20). The quantitative estimate of drug-likeness (QED) is 0.780. The molecule has 106 valence electrons. The minimum absolute atomic E-state index is 0.331. The number of anilines is 1. The maximum Gasteiger partial charge on any atom is 0.180 e. The minimum atomic E-state index is 0.331. The first-order valence-electron chi connectivity index (χ1n) is 7.38. The summed E-state index contributed by atoms with van der Waals surface area (Å²) in [7, 11) is 0. The molecule has 0 fully saturated rings. The number of fused-ring (bicyclic) bond motifs is 2. The molecule has 1 aliphatic carbocycles. The van der Waals surface area contributed by atoms with Gasteiger partial charge in [-0.05, 0) is 37.8 Å². The Hall–Kier alpha value is -2.36. The third kappa shape index (κ3) is 1.90. The van der Waals surface area contributed by atoms with E-state index in [9.17, 15) is 0 Å². The van der Waals surface area contributed by atoms with E-state index in [4.69, 9.17) is 0 Å². The monoisotopic (exact) mass is 278 g/mol. The van der Waals surface area contributed by atoms with E-state index in [1.165, 1.54) is 16.8 Å². The lowest BCUT2D eigenvalue weighted by Crippen LogP contribution is -2.09. The average molecular weight is 278 g/mol. The Labute approximate surface area is 123 Å². The third-order valence-electron chi connectivity index (χ3n) is 4.46. The molecule has 0 saturated carbocycles. The van der Waals surface area contributed by atoms with Gasteiger partial charge >= 0.3 is 0 Å². The lowest BCUT2D eigenvalue weighted by molar-refractivity contribution is 0.757. The highest BCUT2D eigenvalue weighted by atomic mass is 15.1. The Balaban J connectivity index is 1.74. The van der Waals surface area contributed by atoms with E-state index in [1.54, 1.807) is 0 Å². The summed E-state index contributed by atoms with van der Waals surface area (Å²) >= 11 is 0. The predicted molar refractivity (Wildman–Crippen MR) is 83.6 cm³/mol. The van der Waals surface area contributed by atoms with Gasteiger partial charge in [-0.25, -0.2) is 9.97 Å². The van der Waals surface area contributed by atoms with E-state index < -0.39 is 0 Å². The highest BCUT2D eigenvalue weighted by molar-refractivity contribution is 5.65. The first-order valence-corrected chi connectivity index (χ1v) is 7.38. The molecular weight excluding hydrogens is 260 g/mol. The maximum absolute atomic E-state index is 4.65. The Morgan fingerprint density at radius 3 is 3.00 bits per heavy atom. The molecular formula is C17H18N4. The van der Waals surface area contributed by atoms with Crippen LogP contribution in [0.5, 0.6) is 0 Å². The van der Waals surface area contributed by atoms with Crippen molar-refractivity contribution in [1.82, 2.24) is 14.4 Å². The average Bonchev–Trinajstić information content (AvgIpc) is 3.03. The molecule has 2 aromatic heterocycles. The second kappa shape index (κ2) is 4.58. The third-order valence-corrected chi connectivity index (χ3v) is 4.46. The van der Waals surface area contributed by atoms with Crippen molar-refractivity contribution in [2.45, 2.75) is 32.7 Å². The molecule has 2 heterocycles. The van der Waals surface area contributed by atoms with Crippen LogP contribution >= 0.6 is 0 Å². The fraction of sp³-hybridized carbons (Fsp3) is 0.294. The fourth-order valence-electron chi connectivity index (χ4n) is 3.18. The number of nitrogens with zero attached hydrogens (tertiary/aromatic N) is 3. The highest BCUT2D eigenvalue weighted by Gasteiger charge is 2.23. The molecule has 1 aromatic carbocycles. The molecule has 0 amide bonds. The number of rotatable bonds is 2. The van der Waals surface area contributed by atoms with E-state index in [0.29, 0.717) is 6.04 Å². The number of benzene rings is 1. The van der Waals surface area contributed by atoms with Gasteiger partial charge in [0.2, 0.25) is 0 Å². The molecule has 0 aliphatic heterocycles. The summed E-state index contributed by atoms with van der Waals surface area (Å²) in [5.74, 6) is 0.871. The van der Waals surface area contributed by atoms with E-state index in [-0.39, 0.29) is 0 Å². The van der Waals surface area contributed by atoms with Crippen molar-refractivity contribution in [3.05, 3.63) is 59.2 Å². The summed E-state index contributed by atoms with van der Waals surface area (Å²) in [5.41, 5.74) is 5.97. The summed E-state index contributed by atoms with van der Waals surface area (Å²) in [6.07, 6.45) is 6.05. The van der Waals surface area contributed by atoms with E-state index in [0.717, 1.165) is 30.0 Å². The molecule has 1 atom stereocenters. The van der Waals surface area contributed by atoms with Crippen molar-refractivity contribution in [3.63, 3.8) is 0 Å². The van der Waals surface area contributed by atoms with Gasteiger partial charge in [-0.3, -0.25) is 4.40 Å². The van der Waals surface area contributed by atoms with Gasteiger partial charge in [0.15, 0.2) is 11.5 Å². The van der Waals surface area contributed by atoms with Gasteiger partial charge in [0.05, 0.1) is 11.7 Å². The molecule has 0 saturated heterocycles. The normalized spacial score (nSPS) is 17.1. The Morgan fingerprint density at radius 2 is 2.10 bits per heavy atom. The molecule has 1 N–H and O–H groups in total. The zero-order valence-electron chi connectivity index (χ0n) is 12.3. The molecule has 1 aliphatic rings. The summed E-state index contributed by atoms with van der Waals surface area (Å²) in [4.78, 5) is 9.15. The first kappa shape index (κ1) is 12.4. The van der Waals surface area contributed by atoms with Crippen molar-refractivity contribution in [2.75, 3.05) is 5.32 Å². The zero-order chi connectivity index (χ0) is 14.4. The van der Waals surface area contributed by atoms with Crippen LogP contribution in [-0.2, 0) is 6.42 Å². The van der Waals surface area contributed by atoms with Gasteiger partial charge in [-0.2, -0.15) is 0 Å². The van der Waals surface area contributed by atoms with E-state index in [1.807, 2.05) is 19.3 Å². The van der Waals surface area contributed by atoms with Crippen LogP contribution in [0.1, 0.15) is 35.0 Å². The predicted octanol–water partition coefficient (Wildman–Crippen LogP) is 3.45. The lowest BCUT2D eigenvalue weighted by Gasteiger charge is -2.15. The summed E-state index contributed by atoms with van der Waals surface area (Å²) in [5, 5.41) is 3.59. The summed E-state index contributed by atoms with van der Waals surface area (Å²) in [6.45, 7) is 4.13. The number of hydrogen-bond acceptors (Lipinski definition) is 3. The van der Waals surface area contributed by atoms with Gasteiger partial charge < -0.3 is 5.32 Å². The molecule has 4 nitrogen and oxygen atoms in total. The second-order valence-corrected chi connectivity index (χ2v) is 5.69. The molecule has 4 rings (SSSR count). The van der Waals surface area contributed by atoms with E-state index in [2.05, 4.69) is 50.9 Å². The highest BCUT2D eigenvalue weighted by Crippen LogP contribution is 2.34. The van der Waals surface area contributed by atoms with Crippen molar-refractivity contribution in [1.29, 1.82) is 0 Å². The minimum Gasteiger partial charge on any atom is -0.360 e. The Kier molecular flexibility index (Phi) is 2.70. The van der Waals surface area contributed by atoms with Crippen LogP contribution < -0.4 is 5.32 Å². The number of imidazole rings is 1. The largest absolute Gasteiger partial charge is 0.360 e. The SMILES string of the molecule is Cc1nc2c(NC3CCc4ccccc43)nccn2c1C. The fourth-order valence-corrected chi connectivity index (χ4v) is 3.18. The second-order valence-electron chi connectivity index (χ2n) is 5.69. The summed E-state index contributed by atoms with van der Waals surface area (Å²) < 4.78 is 2.10. The van der Waals surface area contributed by atoms with Crippen LogP contribution in [0.2, 0.25) is 0 Å². The van der Waals surface area contributed by atoms with Gasteiger partial charge in [-0.1, -0.05) is 24.3 Å². The molecule has 21 heavy (non-hydrogen) atoms. The lowest BCUT2D eigenvalue weighted by atomic mass is 10.1. The molecule has 0 radical (unpaired) electrons. The van der Waals surface area contributed by atoms with Crippen LogP contribution in [0, 0.1) is 13.8 Å². The van der Waals surface area contributed by atoms with Crippen LogP contribution in [0.15, 0.2) is 36.7 Å². The number of aryl methyl sites for hydroxylation is 3. The van der Waals surface area contributed by atoms with Crippen molar-refractivity contribution in [2.24, 2.45) is 0 Å². The first-order chi connectivity index (χ1) is 10.2. The van der Waals surface area contributed by atoms with E-state index >= 15 is 0 Å². The topological polar surface area (TPSA) is 42.2 Å². The van der Waals surface area contributed by atoms with Crippen molar-refractivity contribution in [3.8, 4) is 0 Å². The number of nitrogens with one attached hydrogen (secondary N) is 1. The van der Waals surface area contributed by atoms with Gasteiger partial charge in [0.1, 0.15) is 0 Å². The molecule has 0 bridgehead atoms. The van der Waals surface area contributed by atoms with Crippen LogP contribution in [0.3, 0.4) is 0 Å². The Morgan fingerprint density at radius 1 is 1.24 bits per heavy atom. The van der Waals surface area contributed by atoms with Crippen LogP contribution in [-0.4, -0.2) is 14.4 Å².